The summed E-state index contributed by atoms with van der Waals surface area (Å²) in [5.74, 6) is 1.64. The molecule has 138 valence electrons. The Morgan fingerprint density at radius 1 is 1.16 bits per heavy atom. The third-order valence-electron chi connectivity index (χ3n) is 8.64. The van der Waals surface area contributed by atoms with E-state index in [1.807, 2.05) is 0 Å². The molecule has 25 heavy (non-hydrogen) atoms. The number of carbonyl (C=O) groups is 1. The molecule has 1 spiro atoms. The lowest BCUT2D eigenvalue weighted by atomic mass is 9.47. The smallest absolute Gasteiger partial charge is 0.172 e. The molecule has 5 unspecified atom stereocenters. The topological polar surface area (TPSA) is 55.8 Å². The van der Waals surface area contributed by atoms with Gasteiger partial charge in [0.1, 0.15) is 5.78 Å². The molecule has 1 aliphatic heterocycles. The van der Waals surface area contributed by atoms with Gasteiger partial charge in [-0.25, -0.2) is 0 Å². The molecule has 0 amide bonds. The maximum absolute atomic E-state index is 12.5. The van der Waals surface area contributed by atoms with E-state index in [9.17, 15) is 9.90 Å². The van der Waals surface area contributed by atoms with Crippen LogP contribution in [0.25, 0.3) is 0 Å². The van der Waals surface area contributed by atoms with Crippen LogP contribution in [0.3, 0.4) is 0 Å². The summed E-state index contributed by atoms with van der Waals surface area (Å²) in [4.78, 5) is 12.5. The Labute approximate surface area is 150 Å². The predicted molar refractivity (Wildman–Crippen MR) is 92.8 cm³/mol. The average molecular weight is 346 g/mol. The van der Waals surface area contributed by atoms with Gasteiger partial charge in [0.2, 0.25) is 0 Å². The number of hydrogen-bond donors (Lipinski definition) is 1. The highest BCUT2D eigenvalue weighted by Gasteiger charge is 2.61. The van der Waals surface area contributed by atoms with Crippen LogP contribution in [0.1, 0.15) is 58.3 Å². The highest BCUT2D eigenvalue weighted by molar-refractivity contribution is 5.87. The second-order valence-electron chi connectivity index (χ2n) is 9.36. The molecule has 0 aromatic carbocycles. The fourth-order valence-electron chi connectivity index (χ4n) is 7.22. The quantitative estimate of drug-likeness (QED) is 0.741. The molecular formula is C21H30O4. The number of ketones is 1. The van der Waals surface area contributed by atoms with Crippen molar-refractivity contribution in [2.24, 2.45) is 28.6 Å². The molecule has 5 atom stereocenters. The van der Waals surface area contributed by atoms with Gasteiger partial charge < -0.3 is 14.6 Å². The molecule has 0 aromatic heterocycles. The van der Waals surface area contributed by atoms with Gasteiger partial charge in [0, 0.05) is 30.1 Å². The van der Waals surface area contributed by atoms with Crippen LogP contribution in [-0.2, 0) is 14.3 Å². The van der Waals surface area contributed by atoms with Gasteiger partial charge >= 0.3 is 0 Å². The van der Waals surface area contributed by atoms with Crippen molar-refractivity contribution >= 4 is 5.78 Å². The van der Waals surface area contributed by atoms with Crippen molar-refractivity contribution in [1.29, 1.82) is 0 Å². The molecule has 4 fully saturated rings. The SMILES string of the molecule is CC12CCC3C(CC=C4CC5(CCC43CO)OCCO5)C1CCC2=O. The number of ether oxygens (including phenoxy) is 2. The molecule has 0 bridgehead atoms. The van der Waals surface area contributed by atoms with Crippen LogP contribution in [0.15, 0.2) is 11.6 Å². The Bertz CT molecular complexity index is 619. The maximum atomic E-state index is 12.5. The monoisotopic (exact) mass is 346 g/mol. The molecule has 5 rings (SSSR count). The first-order chi connectivity index (χ1) is 12.0. The Morgan fingerprint density at radius 2 is 1.96 bits per heavy atom. The fraction of sp³-hybridized carbons (Fsp3) is 0.857. The van der Waals surface area contributed by atoms with E-state index in [2.05, 4.69) is 13.0 Å². The van der Waals surface area contributed by atoms with Crippen molar-refractivity contribution in [2.45, 2.75) is 64.1 Å². The minimum absolute atomic E-state index is 0.100. The van der Waals surface area contributed by atoms with Crippen LogP contribution in [0.2, 0.25) is 0 Å². The molecule has 4 aliphatic carbocycles. The minimum Gasteiger partial charge on any atom is -0.395 e. The normalized spacial score (nSPS) is 48.0. The van der Waals surface area contributed by atoms with Gasteiger partial charge in [-0.15, -0.1) is 0 Å². The van der Waals surface area contributed by atoms with Gasteiger partial charge in [0.05, 0.1) is 19.8 Å². The summed E-state index contributed by atoms with van der Waals surface area (Å²) in [7, 11) is 0. The number of fused-ring (bicyclic) bond motifs is 5. The highest BCUT2D eigenvalue weighted by Crippen LogP contribution is 2.65. The molecular weight excluding hydrogens is 316 g/mol. The summed E-state index contributed by atoms with van der Waals surface area (Å²) >= 11 is 0. The maximum Gasteiger partial charge on any atom is 0.172 e. The molecule has 1 heterocycles. The summed E-state index contributed by atoms with van der Waals surface area (Å²) in [6.45, 7) is 3.82. The zero-order valence-corrected chi connectivity index (χ0v) is 15.3. The van der Waals surface area contributed by atoms with Crippen molar-refractivity contribution in [3.05, 3.63) is 11.6 Å². The van der Waals surface area contributed by atoms with Gasteiger partial charge in [0.25, 0.3) is 0 Å². The van der Waals surface area contributed by atoms with Crippen LogP contribution < -0.4 is 0 Å². The van der Waals surface area contributed by atoms with Crippen LogP contribution in [0, 0.1) is 28.6 Å². The number of Topliss-reactive ketones (excluding diaryl/α,β-unsaturated/α-hetero) is 1. The summed E-state index contributed by atoms with van der Waals surface area (Å²) in [6.07, 6.45) is 10.00. The van der Waals surface area contributed by atoms with E-state index in [1.165, 1.54) is 5.57 Å². The van der Waals surface area contributed by atoms with Crippen LogP contribution in [-0.4, -0.2) is 36.5 Å². The summed E-state index contributed by atoms with van der Waals surface area (Å²) in [6, 6.07) is 0. The van der Waals surface area contributed by atoms with Crippen molar-refractivity contribution in [3.8, 4) is 0 Å². The van der Waals surface area contributed by atoms with Crippen LogP contribution >= 0.6 is 0 Å². The van der Waals surface area contributed by atoms with Gasteiger partial charge in [-0.1, -0.05) is 18.6 Å². The second-order valence-corrected chi connectivity index (χ2v) is 9.36. The van der Waals surface area contributed by atoms with E-state index >= 15 is 0 Å². The molecule has 0 aromatic rings. The lowest BCUT2D eigenvalue weighted by Crippen LogP contribution is -2.54. The fourth-order valence-corrected chi connectivity index (χ4v) is 7.22. The molecule has 5 aliphatic rings. The molecule has 1 saturated heterocycles. The summed E-state index contributed by atoms with van der Waals surface area (Å²) < 4.78 is 11.9. The van der Waals surface area contributed by atoms with E-state index in [0.29, 0.717) is 36.8 Å². The van der Waals surface area contributed by atoms with Gasteiger partial charge in [-0.2, -0.15) is 0 Å². The van der Waals surface area contributed by atoms with Gasteiger partial charge in [-0.3, -0.25) is 4.79 Å². The Balaban J connectivity index is 1.50. The zero-order valence-electron chi connectivity index (χ0n) is 15.3. The largest absolute Gasteiger partial charge is 0.395 e. The number of aliphatic hydroxyl groups excluding tert-OH is 1. The summed E-state index contributed by atoms with van der Waals surface area (Å²) in [5.41, 5.74) is 1.17. The van der Waals surface area contributed by atoms with Crippen LogP contribution in [0.5, 0.6) is 0 Å². The predicted octanol–water partition coefficient (Wildman–Crippen LogP) is 3.23. The van der Waals surface area contributed by atoms with E-state index in [1.54, 1.807) is 0 Å². The third-order valence-corrected chi connectivity index (χ3v) is 8.64. The van der Waals surface area contributed by atoms with Crippen molar-refractivity contribution in [3.63, 3.8) is 0 Å². The number of allylic oxidation sites excluding steroid dienone is 1. The highest BCUT2D eigenvalue weighted by atomic mass is 16.7. The van der Waals surface area contributed by atoms with Gasteiger partial charge in [0.15, 0.2) is 5.79 Å². The lowest BCUT2D eigenvalue weighted by molar-refractivity contribution is -0.190. The van der Waals surface area contributed by atoms with E-state index in [-0.39, 0.29) is 17.4 Å². The van der Waals surface area contributed by atoms with Crippen molar-refractivity contribution in [2.75, 3.05) is 19.8 Å². The first-order valence-electron chi connectivity index (χ1n) is 10.1. The Morgan fingerprint density at radius 3 is 2.72 bits per heavy atom. The molecule has 3 saturated carbocycles. The molecule has 1 N–H and O–H groups in total. The zero-order chi connectivity index (χ0) is 17.3. The van der Waals surface area contributed by atoms with Crippen LogP contribution in [0.4, 0.5) is 0 Å². The Kier molecular flexibility index (Phi) is 3.56. The Hall–Kier alpha value is -0.710. The van der Waals surface area contributed by atoms with E-state index in [0.717, 1.165) is 51.4 Å². The molecule has 4 nitrogen and oxygen atoms in total. The van der Waals surface area contributed by atoms with Gasteiger partial charge in [-0.05, 0) is 49.9 Å². The van der Waals surface area contributed by atoms with E-state index < -0.39 is 5.79 Å². The first-order valence-corrected chi connectivity index (χ1v) is 10.1. The molecule has 4 heteroatoms. The number of carbonyl (C=O) groups excluding carboxylic acids is 1. The summed E-state index contributed by atoms with van der Waals surface area (Å²) in [5, 5.41) is 10.5. The number of hydrogen-bond acceptors (Lipinski definition) is 4. The van der Waals surface area contributed by atoms with Crippen molar-refractivity contribution in [1.82, 2.24) is 0 Å². The van der Waals surface area contributed by atoms with E-state index in [4.69, 9.17) is 9.47 Å². The first kappa shape index (κ1) is 16.5. The standard InChI is InChI=1S/C21H30O4/c1-19-7-6-17-15(16(19)4-5-18(19)23)3-2-14-12-21(24-10-11-25-21)9-8-20(14,17)13-22/h2,15-17,22H,3-13H2,1H3. The van der Waals surface area contributed by atoms with Crippen molar-refractivity contribution < 1.29 is 19.4 Å². The minimum atomic E-state index is -0.427. The molecule has 0 radical (unpaired) electrons. The lowest BCUT2D eigenvalue weighted by Gasteiger charge is -2.58. The number of rotatable bonds is 1. The number of aliphatic hydroxyl groups is 1. The second kappa shape index (κ2) is 5.40. The third kappa shape index (κ3) is 2.08. The average Bonchev–Trinajstić information content (AvgIpc) is 3.19.